The van der Waals surface area contributed by atoms with Crippen molar-refractivity contribution in [3.8, 4) is 5.75 Å². The zero-order chi connectivity index (χ0) is 18.9. The first-order chi connectivity index (χ1) is 11.7. The number of hydrogen-bond donors (Lipinski definition) is 2. The molecular weight excluding hydrogens is 324 g/mol. The minimum Gasteiger partial charge on any atom is -0.482 e. The van der Waals surface area contributed by atoms with Gasteiger partial charge in [-0.15, -0.1) is 0 Å². The number of hydrogen-bond acceptors (Lipinski definition) is 5. The fourth-order valence-electron chi connectivity index (χ4n) is 1.79. The highest BCUT2D eigenvalue weighted by atomic mass is 16.6. The van der Waals surface area contributed by atoms with Crippen molar-refractivity contribution in [1.82, 2.24) is 5.32 Å². The molecule has 2 amide bonds. The van der Waals surface area contributed by atoms with Crippen LogP contribution in [0.1, 0.15) is 34.1 Å². The molecule has 0 fully saturated rings. The standard InChI is InChI=1S/C18H26N2O5/c1-5-24-16(22)12-25-14-8-6-7-13(11-14)20-15(21)9-10-19-17(23)18(2,3)4/h6-8,11H,5,9-10,12H2,1-4H3,(H,19,23)(H,20,21). The van der Waals surface area contributed by atoms with Crippen LogP contribution in [0.5, 0.6) is 5.75 Å². The second-order valence-electron chi connectivity index (χ2n) is 6.43. The lowest BCUT2D eigenvalue weighted by Crippen LogP contribution is -2.36. The van der Waals surface area contributed by atoms with Gasteiger partial charge in [-0.1, -0.05) is 26.8 Å². The minimum atomic E-state index is -0.485. The molecule has 1 rings (SSSR count). The molecular formula is C18H26N2O5. The zero-order valence-electron chi connectivity index (χ0n) is 15.2. The van der Waals surface area contributed by atoms with Gasteiger partial charge in [-0.05, 0) is 19.1 Å². The second kappa shape index (κ2) is 9.66. The van der Waals surface area contributed by atoms with Gasteiger partial charge in [-0.3, -0.25) is 9.59 Å². The summed E-state index contributed by atoms with van der Waals surface area (Å²) < 4.78 is 10.1. The number of anilines is 1. The smallest absolute Gasteiger partial charge is 0.344 e. The number of rotatable bonds is 8. The molecule has 7 nitrogen and oxygen atoms in total. The molecule has 0 atom stereocenters. The first-order valence-electron chi connectivity index (χ1n) is 8.19. The summed E-state index contributed by atoms with van der Waals surface area (Å²) in [6.07, 6.45) is 0.162. The summed E-state index contributed by atoms with van der Waals surface area (Å²) in [6, 6.07) is 6.71. The Bertz CT molecular complexity index is 608. The Kier molecular flexibility index (Phi) is 7.91. The first kappa shape index (κ1) is 20.5. The SMILES string of the molecule is CCOC(=O)COc1cccc(NC(=O)CCNC(=O)C(C)(C)C)c1. The van der Waals surface area contributed by atoms with Crippen molar-refractivity contribution in [2.24, 2.45) is 5.41 Å². The summed E-state index contributed by atoms with van der Waals surface area (Å²) in [5.41, 5.74) is 0.0645. The Balaban J connectivity index is 2.43. The summed E-state index contributed by atoms with van der Waals surface area (Å²) in [5, 5.41) is 5.44. The van der Waals surface area contributed by atoms with Crippen molar-refractivity contribution in [1.29, 1.82) is 0 Å². The number of amides is 2. The molecule has 0 bridgehead atoms. The summed E-state index contributed by atoms with van der Waals surface area (Å²) in [5.74, 6) is -0.329. The molecule has 0 radical (unpaired) electrons. The van der Waals surface area contributed by atoms with Crippen LogP contribution in [0.3, 0.4) is 0 Å². The Labute approximate surface area is 148 Å². The van der Waals surface area contributed by atoms with Crippen LogP contribution in [0.2, 0.25) is 0 Å². The molecule has 0 heterocycles. The highest BCUT2D eigenvalue weighted by Crippen LogP contribution is 2.17. The van der Waals surface area contributed by atoms with E-state index in [1.165, 1.54) is 0 Å². The van der Waals surface area contributed by atoms with Crippen molar-refractivity contribution in [3.05, 3.63) is 24.3 Å². The predicted octanol–water partition coefficient (Wildman–Crippen LogP) is 2.12. The van der Waals surface area contributed by atoms with Crippen molar-refractivity contribution < 1.29 is 23.9 Å². The molecule has 0 aromatic heterocycles. The van der Waals surface area contributed by atoms with Gasteiger partial charge < -0.3 is 20.1 Å². The topological polar surface area (TPSA) is 93.7 Å². The third-order valence-electron chi connectivity index (χ3n) is 3.10. The van der Waals surface area contributed by atoms with Crippen LogP contribution in [0.4, 0.5) is 5.69 Å². The molecule has 1 aromatic carbocycles. The lowest BCUT2D eigenvalue weighted by Gasteiger charge is -2.17. The molecule has 138 valence electrons. The van der Waals surface area contributed by atoms with Crippen LogP contribution in [0.25, 0.3) is 0 Å². The third-order valence-corrected chi connectivity index (χ3v) is 3.10. The summed E-state index contributed by atoms with van der Waals surface area (Å²) >= 11 is 0. The van der Waals surface area contributed by atoms with Gasteiger partial charge in [-0.2, -0.15) is 0 Å². The maximum atomic E-state index is 11.9. The molecule has 0 spiro atoms. The van der Waals surface area contributed by atoms with Crippen LogP contribution < -0.4 is 15.4 Å². The summed E-state index contributed by atoms with van der Waals surface area (Å²) in [4.78, 5) is 34.9. The highest BCUT2D eigenvalue weighted by molar-refractivity contribution is 5.91. The van der Waals surface area contributed by atoms with Crippen molar-refractivity contribution in [3.63, 3.8) is 0 Å². The Morgan fingerprint density at radius 2 is 1.88 bits per heavy atom. The molecule has 2 N–H and O–H groups in total. The van der Waals surface area contributed by atoms with Crippen LogP contribution in [-0.4, -0.2) is 37.5 Å². The van der Waals surface area contributed by atoms with E-state index in [-0.39, 0.29) is 31.4 Å². The quantitative estimate of drug-likeness (QED) is 0.701. The maximum Gasteiger partial charge on any atom is 0.344 e. The van der Waals surface area contributed by atoms with E-state index < -0.39 is 11.4 Å². The number of esters is 1. The molecule has 25 heavy (non-hydrogen) atoms. The van der Waals surface area contributed by atoms with Crippen molar-refractivity contribution in [2.75, 3.05) is 25.1 Å². The molecule has 1 aromatic rings. The number of carbonyl (C=O) groups is 3. The second-order valence-corrected chi connectivity index (χ2v) is 6.43. The van der Waals surface area contributed by atoms with Crippen LogP contribution in [0.15, 0.2) is 24.3 Å². The number of carbonyl (C=O) groups excluding carboxylic acids is 3. The van der Waals surface area contributed by atoms with Gasteiger partial charge in [0.05, 0.1) is 6.61 Å². The lowest BCUT2D eigenvalue weighted by molar-refractivity contribution is -0.145. The summed E-state index contributed by atoms with van der Waals surface area (Å²) in [6.45, 7) is 7.52. The van der Waals surface area contributed by atoms with Gasteiger partial charge in [0.15, 0.2) is 6.61 Å². The van der Waals surface area contributed by atoms with Gasteiger partial charge in [0.25, 0.3) is 0 Å². The number of nitrogens with one attached hydrogen (secondary N) is 2. The van der Waals surface area contributed by atoms with Gasteiger partial charge in [0.2, 0.25) is 11.8 Å². The van der Waals surface area contributed by atoms with E-state index in [1.807, 2.05) is 20.8 Å². The molecule has 0 aliphatic heterocycles. The Morgan fingerprint density at radius 1 is 1.16 bits per heavy atom. The number of ether oxygens (including phenoxy) is 2. The van der Waals surface area contributed by atoms with E-state index in [1.54, 1.807) is 31.2 Å². The fourth-order valence-corrected chi connectivity index (χ4v) is 1.79. The van der Waals surface area contributed by atoms with Crippen LogP contribution in [-0.2, 0) is 19.1 Å². The first-order valence-corrected chi connectivity index (χ1v) is 8.19. The molecule has 0 aliphatic rings. The highest BCUT2D eigenvalue weighted by Gasteiger charge is 2.20. The van der Waals surface area contributed by atoms with Crippen LogP contribution >= 0.6 is 0 Å². The van der Waals surface area contributed by atoms with E-state index in [4.69, 9.17) is 9.47 Å². The predicted molar refractivity (Wildman–Crippen MR) is 94.3 cm³/mol. The average molecular weight is 350 g/mol. The number of benzene rings is 1. The fraction of sp³-hybridized carbons (Fsp3) is 0.500. The average Bonchev–Trinajstić information content (AvgIpc) is 2.52. The molecule has 7 heteroatoms. The van der Waals surface area contributed by atoms with Gasteiger partial charge >= 0.3 is 5.97 Å². The monoisotopic (exact) mass is 350 g/mol. The molecule has 0 saturated carbocycles. The van der Waals surface area contributed by atoms with E-state index in [9.17, 15) is 14.4 Å². The third kappa shape index (κ3) is 8.19. The maximum absolute atomic E-state index is 11.9. The largest absolute Gasteiger partial charge is 0.482 e. The Hall–Kier alpha value is -2.57. The summed E-state index contributed by atoms with van der Waals surface area (Å²) in [7, 11) is 0. The van der Waals surface area contributed by atoms with E-state index in [0.29, 0.717) is 18.0 Å². The minimum absolute atomic E-state index is 0.102. The van der Waals surface area contributed by atoms with Crippen molar-refractivity contribution >= 4 is 23.5 Å². The van der Waals surface area contributed by atoms with E-state index >= 15 is 0 Å². The zero-order valence-corrected chi connectivity index (χ0v) is 15.2. The normalized spacial score (nSPS) is 10.7. The molecule has 0 aliphatic carbocycles. The van der Waals surface area contributed by atoms with Crippen LogP contribution in [0, 0.1) is 5.41 Å². The van der Waals surface area contributed by atoms with Gasteiger partial charge in [0.1, 0.15) is 5.75 Å². The van der Waals surface area contributed by atoms with Crippen molar-refractivity contribution in [2.45, 2.75) is 34.1 Å². The molecule has 0 unspecified atom stereocenters. The molecule has 0 saturated heterocycles. The Morgan fingerprint density at radius 3 is 2.52 bits per heavy atom. The van der Waals surface area contributed by atoms with E-state index in [2.05, 4.69) is 10.6 Å². The van der Waals surface area contributed by atoms with Gasteiger partial charge in [0, 0.05) is 30.1 Å². The van der Waals surface area contributed by atoms with E-state index in [0.717, 1.165) is 0 Å². The lowest BCUT2D eigenvalue weighted by atomic mass is 9.96. The van der Waals surface area contributed by atoms with Gasteiger partial charge in [-0.25, -0.2) is 4.79 Å².